The number of amides is 1. The van der Waals surface area contributed by atoms with Crippen LogP contribution in [0.1, 0.15) is 12.1 Å². The maximum absolute atomic E-state index is 10.8. The number of aromatic nitrogens is 1. The van der Waals surface area contributed by atoms with E-state index in [1.54, 1.807) is 11.6 Å². The Morgan fingerprint density at radius 2 is 2.62 bits per heavy atom. The predicted molar refractivity (Wildman–Crippen MR) is 49.1 cm³/mol. The molecular weight excluding hydrogens is 186 g/mol. The van der Waals surface area contributed by atoms with E-state index in [0.717, 1.165) is 12.1 Å². The van der Waals surface area contributed by atoms with E-state index in [9.17, 15) is 4.79 Å². The van der Waals surface area contributed by atoms with Gasteiger partial charge >= 0.3 is 0 Å². The highest BCUT2D eigenvalue weighted by molar-refractivity contribution is 7.07. The van der Waals surface area contributed by atoms with Gasteiger partial charge < -0.3 is 5.32 Å². The van der Waals surface area contributed by atoms with Gasteiger partial charge in [0.2, 0.25) is 5.91 Å². The average Bonchev–Trinajstić information content (AvgIpc) is 2.57. The Bertz CT molecular complexity index is 302. The zero-order valence-electron chi connectivity index (χ0n) is 6.99. The molecule has 0 aliphatic heterocycles. The molecule has 0 saturated heterocycles. The number of nitriles is 1. The summed E-state index contributed by atoms with van der Waals surface area (Å²) in [5, 5.41) is 12.8. The zero-order chi connectivity index (χ0) is 9.52. The Hall–Kier alpha value is -1.41. The van der Waals surface area contributed by atoms with Crippen LogP contribution in [0.2, 0.25) is 0 Å². The second kappa shape index (κ2) is 5.27. The third-order valence-electron chi connectivity index (χ3n) is 1.43. The number of hydrogen-bond acceptors (Lipinski definition) is 4. The van der Waals surface area contributed by atoms with Crippen molar-refractivity contribution in [3.8, 4) is 6.07 Å². The number of thiazole rings is 1. The topological polar surface area (TPSA) is 65.8 Å². The lowest BCUT2D eigenvalue weighted by molar-refractivity contribution is -0.120. The molecule has 13 heavy (non-hydrogen) atoms. The van der Waals surface area contributed by atoms with Crippen LogP contribution < -0.4 is 5.32 Å². The van der Waals surface area contributed by atoms with Gasteiger partial charge in [-0.1, -0.05) is 0 Å². The minimum absolute atomic E-state index is 0.0724. The summed E-state index contributed by atoms with van der Waals surface area (Å²) in [6, 6.07) is 1.79. The molecule has 0 fully saturated rings. The van der Waals surface area contributed by atoms with Crippen LogP contribution in [0, 0.1) is 11.3 Å². The fourth-order valence-corrected chi connectivity index (χ4v) is 1.42. The number of carbonyl (C=O) groups is 1. The Kier molecular flexibility index (Phi) is 3.93. The van der Waals surface area contributed by atoms with Gasteiger partial charge in [0.15, 0.2) is 0 Å². The van der Waals surface area contributed by atoms with Gasteiger partial charge in [0.1, 0.15) is 6.42 Å². The average molecular weight is 195 g/mol. The van der Waals surface area contributed by atoms with Crippen molar-refractivity contribution in [2.75, 3.05) is 6.54 Å². The highest BCUT2D eigenvalue weighted by atomic mass is 32.1. The lowest BCUT2D eigenvalue weighted by Crippen LogP contribution is -2.24. The molecule has 1 N–H and O–H groups in total. The molecule has 0 spiro atoms. The minimum atomic E-state index is -0.224. The summed E-state index contributed by atoms with van der Waals surface area (Å²) < 4.78 is 0. The SMILES string of the molecule is N#CCC(=O)NCCc1cscn1. The van der Waals surface area contributed by atoms with Gasteiger partial charge in [-0.15, -0.1) is 11.3 Å². The van der Waals surface area contributed by atoms with Crippen molar-refractivity contribution in [3.05, 3.63) is 16.6 Å². The van der Waals surface area contributed by atoms with Gasteiger partial charge in [-0.3, -0.25) is 4.79 Å². The molecule has 0 unspecified atom stereocenters. The fraction of sp³-hybridized carbons (Fsp3) is 0.375. The molecule has 0 aromatic carbocycles. The van der Waals surface area contributed by atoms with Crippen LogP contribution in [-0.2, 0) is 11.2 Å². The molecule has 1 amide bonds. The first kappa shape index (κ1) is 9.68. The molecule has 0 aliphatic carbocycles. The molecule has 4 nitrogen and oxygen atoms in total. The van der Waals surface area contributed by atoms with E-state index in [-0.39, 0.29) is 12.3 Å². The third kappa shape index (κ3) is 3.67. The van der Waals surface area contributed by atoms with Crippen molar-refractivity contribution in [2.24, 2.45) is 0 Å². The quantitative estimate of drug-likeness (QED) is 0.769. The number of nitrogens with one attached hydrogen (secondary N) is 1. The molecule has 5 heteroatoms. The first-order valence-corrected chi connectivity index (χ1v) is 4.78. The summed E-state index contributed by atoms with van der Waals surface area (Å²) in [5.74, 6) is -0.224. The second-order valence-corrected chi connectivity index (χ2v) is 3.13. The number of rotatable bonds is 4. The molecular formula is C8H9N3OS. The van der Waals surface area contributed by atoms with E-state index < -0.39 is 0 Å². The number of nitrogens with zero attached hydrogens (tertiary/aromatic N) is 2. The lowest BCUT2D eigenvalue weighted by Gasteiger charge is -1.99. The first-order chi connectivity index (χ1) is 6.33. The first-order valence-electron chi connectivity index (χ1n) is 3.83. The standard InChI is InChI=1S/C8H9N3OS/c9-3-1-8(12)10-4-2-7-5-13-6-11-7/h5-6H,1-2,4H2,(H,10,12). The molecule has 68 valence electrons. The molecule has 1 rings (SSSR count). The van der Waals surface area contributed by atoms with Gasteiger partial charge in [0.25, 0.3) is 0 Å². The third-order valence-corrected chi connectivity index (χ3v) is 2.06. The van der Waals surface area contributed by atoms with Crippen LogP contribution >= 0.6 is 11.3 Å². The van der Waals surface area contributed by atoms with E-state index >= 15 is 0 Å². The van der Waals surface area contributed by atoms with E-state index in [1.165, 1.54) is 11.3 Å². The van der Waals surface area contributed by atoms with E-state index in [2.05, 4.69) is 10.3 Å². The van der Waals surface area contributed by atoms with Crippen molar-refractivity contribution in [3.63, 3.8) is 0 Å². The summed E-state index contributed by atoms with van der Waals surface area (Å²) in [6.07, 6.45) is 0.651. The van der Waals surface area contributed by atoms with Gasteiger partial charge in [-0.25, -0.2) is 4.98 Å². The van der Waals surface area contributed by atoms with Crippen LogP contribution in [0.3, 0.4) is 0 Å². The molecule has 0 aliphatic rings. The Labute approximate surface area is 80.2 Å². The van der Waals surface area contributed by atoms with Crippen molar-refractivity contribution >= 4 is 17.2 Å². The van der Waals surface area contributed by atoms with Crippen LogP contribution in [0.15, 0.2) is 10.9 Å². The second-order valence-electron chi connectivity index (χ2n) is 2.41. The van der Waals surface area contributed by atoms with E-state index in [4.69, 9.17) is 5.26 Å². The normalized spacial score (nSPS) is 9.15. The maximum atomic E-state index is 10.8. The van der Waals surface area contributed by atoms with Gasteiger partial charge in [0, 0.05) is 18.3 Å². The van der Waals surface area contributed by atoms with Crippen molar-refractivity contribution in [2.45, 2.75) is 12.8 Å². The Morgan fingerprint density at radius 1 is 1.77 bits per heavy atom. The number of hydrogen-bond donors (Lipinski definition) is 1. The van der Waals surface area contributed by atoms with Crippen molar-refractivity contribution in [1.82, 2.24) is 10.3 Å². The minimum Gasteiger partial charge on any atom is -0.355 e. The molecule has 1 aromatic rings. The van der Waals surface area contributed by atoms with Crippen molar-refractivity contribution in [1.29, 1.82) is 5.26 Å². The summed E-state index contributed by atoms with van der Waals surface area (Å²) in [6.45, 7) is 0.546. The summed E-state index contributed by atoms with van der Waals surface area (Å²) in [5.41, 5.74) is 2.73. The highest BCUT2D eigenvalue weighted by Crippen LogP contribution is 2.00. The lowest BCUT2D eigenvalue weighted by atomic mass is 10.3. The predicted octanol–water partition coefficient (Wildman–Crippen LogP) is 0.715. The highest BCUT2D eigenvalue weighted by Gasteiger charge is 1.99. The van der Waals surface area contributed by atoms with Crippen LogP contribution in [0.4, 0.5) is 0 Å². The molecule has 1 heterocycles. The summed E-state index contributed by atoms with van der Waals surface area (Å²) >= 11 is 1.53. The zero-order valence-corrected chi connectivity index (χ0v) is 7.80. The number of carbonyl (C=O) groups excluding carboxylic acids is 1. The largest absolute Gasteiger partial charge is 0.355 e. The summed E-state index contributed by atoms with van der Waals surface area (Å²) in [7, 11) is 0. The molecule has 0 saturated carbocycles. The Morgan fingerprint density at radius 3 is 3.23 bits per heavy atom. The monoisotopic (exact) mass is 195 g/mol. The molecule has 1 aromatic heterocycles. The fourth-order valence-electron chi connectivity index (χ4n) is 0.825. The van der Waals surface area contributed by atoms with Crippen LogP contribution in [0.5, 0.6) is 0 Å². The Balaban J connectivity index is 2.15. The molecule has 0 atom stereocenters. The van der Waals surface area contributed by atoms with Crippen LogP contribution in [-0.4, -0.2) is 17.4 Å². The summed E-state index contributed by atoms with van der Waals surface area (Å²) in [4.78, 5) is 14.9. The van der Waals surface area contributed by atoms with Gasteiger partial charge in [0.05, 0.1) is 17.3 Å². The van der Waals surface area contributed by atoms with E-state index in [1.807, 2.05) is 5.38 Å². The van der Waals surface area contributed by atoms with Crippen LogP contribution in [0.25, 0.3) is 0 Å². The maximum Gasteiger partial charge on any atom is 0.234 e. The van der Waals surface area contributed by atoms with Gasteiger partial charge in [-0.2, -0.15) is 5.26 Å². The molecule has 0 radical (unpaired) electrons. The molecule has 0 bridgehead atoms. The van der Waals surface area contributed by atoms with Gasteiger partial charge in [-0.05, 0) is 0 Å². The smallest absolute Gasteiger partial charge is 0.234 e. The van der Waals surface area contributed by atoms with Crippen molar-refractivity contribution < 1.29 is 4.79 Å². The van der Waals surface area contributed by atoms with E-state index in [0.29, 0.717) is 6.54 Å².